The van der Waals surface area contributed by atoms with E-state index in [0.717, 1.165) is 53.9 Å². The van der Waals surface area contributed by atoms with E-state index >= 15 is 0 Å². The summed E-state index contributed by atoms with van der Waals surface area (Å²) in [6.45, 7) is 1.72. The SMILES string of the molecule is O=C(c1ccnc(-c2ccccc2-c2ccccc2)c1)N1CCCC1. The monoisotopic (exact) mass is 328 g/mol. The van der Waals surface area contributed by atoms with Gasteiger partial charge in [0.05, 0.1) is 5.69 Å². The molecule has 124 valence electrons. The number of likely N-dealkylation sites (tertiary alicyclic amines) is 1. The van der Waals surface area contributed by atoms with Crippen molar-refractivity contribution in [3.63, 3.8) is 0 Å². The fourth-order valence-electron chi connectivity index (χ4n) is 3.39. The lowest BCUT2D eigenvalue weighted by atomic mass is 9.97. The van der Waals surface area contributed by atoms with Gasteiger partial charge in [-0.05, 0) is 36.1 Å². The van der Waals surface area contributed by atoms with E-state index in [1.165, 1.54) is 0 Å². The molecule has 1 amide bonds. The largest absolute Gasteiger partial charge is 0.339 e. The zero-order valence-electron chi connectivity index (χ0n) is 14.1. The molecule has 0 spiro atoms. The number of benzene rings is 2. The van der Waals surface area contributed by atoms with Crippen molar-refractivity contribution < 1.29 is 4.79 Å². The second-order valence-electron chi connectivity index (χ2n) is 6.34. The first-order chi connectivity index (χ1) is 12.3. The van der Waals surface area contributed by atoms with Crippen molar-refractivity contribution in [3.8, 4) is 22.4 Å². The Morgan fingerprint density at radius 2 is 1.52 bits per heavy atom. The normalized spacial score (nSPS) is 13.8. The van der Waals surface area contributed by atoms with Crippen LogP contribution >= 0.6 is 0 Å². The number of carbonyl (C=O) groups excluding carboxylic acids is 1. The van der Waals surface area contributed by atoms with Crippen LogP contribution in [0.5, 0.6) is 0 Å². The van der Waals surface area contributed by atoms with Gasteiger partial charge >= 0.3 is 0 Å². The molecule has 3 heteroatoms. The minimum absolute atomic E-state index is 0.110. The summed E-state index contributed by atoms with van der Waals surface area (Å²) in [5.74, 6) is 0.110. The van der Waals surface area contributed by atoms with Gasteiger partial charge < -0.3 is 4.90 Å². The van der Waals surface area contributed by atoms with Gasteiger partial charge in [-0.1, -0.05) is 54.6 Å². The summed E-state index contributed by atoms with van der Waals surface area (Å²) in [7, 11) is 0. The standard InChI is InChI=1S/C22H20N2O/c25-22(24-14-6-7-15-24)18-12-13-23-21(16-18)20-11-5-4-10-19(20)17-8-2-1-3-9-17/h1-5,8-13,16H,6-7,14-15H2. The number of hydrogen-bond acceptors (Lipinski definition) is 2. The van der Waals surface area contributed by atoms with Crippen LogP contribution in [-0.4, -0.2) is 28.9 Å². The maximum absolute atomic E-state index is 12.7. The van der Waals surface area contributed by atoms with E-state index in [-0.39, 0.29) is 5.91 Å². The Hall–Kier alpha value is -2.94. The third-order valence-electron chi connectivity index (χ3n) is 4.69. The summed E-state index contributed by atoms with van der Waals surface area (Å²) in [5.41, 5.74) is 4.88. The van der Waals surface area contributed by atoms with E-state index in [1.807, 2.05) is 47.4 Å². The molecule has 0 unspecified atom stereocenters. The van der Waals surface area contributed by atoms with Crippen LogP contribution in [-0.2, 0) is 0 Å². The maximum Gasteiger partial charge on any atom is 0.253 e. The molecule has 1 saturated heterocycles. The number of nitrogens with zero attached hydrogens (tertiary/aromatic N) is 2. The smallest absolute Gasteiger partial charge is 0.253 e. The number of aromatic nitrogens is 1. The van der Waals surface area contributed by atoms with Crippen molar-refractivity contribution >= 4 is 5.91 Å². The van der Waals surface area contributed by atoms with Crippen LogP contribution in [0.1, 0.15) is 23.2 Å². The lowest BCUT2D eigenvalue weighted by Gasteiger charge is -2.16. The number of rotatable bonds is 3. The summed E-state index contributed by atoms with van der Waals surface area (Å²) in [6.07, 6.45) is 3.93. The maximum atomic E-state index is 12.7. The molecule has 25 heavy (non-hydrogen) atoms. The first kappa shape index (κ1) is 15.6. The van der Waals surface area contributed by atoms with Crippen molar-refractivity contribution in [2.24, 2.45) is 0 Å². The number of pyridine rings is 1. The Labute approximate surface area is 148 Å². The van der Waals surface area contributed by atoms with Gasteiger partial charge in [0, 0.05) is 30.4 Å². The highest BCUT2D eigenvalue weighted by Gasteiger charge is 2.20. The van der Waals surface area contributed by atoms with Gasteiger partial charge in [-0.15, -0.1) is 0 Å². The van der Waals surface area contributed by atoms with Crippen LogP contribution in [0.3, 0.4) is 0 Å². The second kappa shape index (κ2) is 6.89. The molecule has 1 fully saturated rings. The van der Waals surface area contributed by atoms with Crippen LogP contribution in [0.25, 0.3) is 22.4 Å². The summed E-state index contributed by atoms with van der Waals surface area (Å²) < 4.78 is 0. The lowest BCUT2D eigenvalue weighted by Crippen LogP contribution is -2.27. The molecule has 0 aliphatic carbocycles. The highest BCUT2D eigenvalue weighted by atomic mass is 16.2. The lowest BCUT2D eigenvalue weighted by molar-refractivity contribution is 0.0793. The van der Waals surface area contributed by atoms with E-state index in [0.29, 0.717) is 0 Å². The number of carbonyl (C=O) groups is 1. The van der Waals surface area contributed by atoms with Crippen LogP contribution in [0.4, 0.5) is 0 Å². The zero-order valence-corrected chi connectivity index (χ0v) is 14.1. The molecular weight excluding hydrogens is 308 g/mol. The van der Waals surface area contributed by atoms with E-state index < -0.39 is 0 Å². The molecule has 4 rings (SSSR count). The molecule has 1 aliphatic rings. The van der Waals surface area contributed by atoms with Crippen LogP contribution in [0, 0.1) is 0 Å². The Kier molecular flexibility index (Phi) is 4.30. The van der Waals surface area contributed by atoms with Crippen molar-refractivity contribution in [1.29, 1.82) is 0 Å². The third kappa shape index (κ3) is 3.18. The summed E-state index contributed by atoms with van der Waals surface area (Å²) in [6, 6.07) is 22.2. The van der Waals surface area contributed by atoms with E-state index in [4.69, 9.17) is 0 Å². The molecule has 1 aliphatic heterocycles. The Morgan fingerprint density at radius 1 is 0.840 bits per heavy atom. The Bertz CT molecular complexity index is 883. The molecule has 0 saturated carbocycles. The average molecular weight is 328 g/mol. The molecule has 2 heterocycles. The molecule has 0 N–H and O–H groups in total. The predicted octanol–water partition coefficient (Wildman–Crippen LogP) is 4.65. The van der Waals surface area contributed by atoms with Crippen molar-refractivity contribution in [1.82, 2.24) is 9.88 Å². The summed E-state index contributed by atoms with van der Waals surface area (Å²) in [4.78, 5) is 19.2. The van der Waals surface area contributed by atoms with Gasteiger partial charge in [-0.3, -0.25) is 9.78 Å². The quantitative estimate of drug-likeness (QED) is 0.701. The highest BCUT2D eigenvalue weighted by Crippen LogP contribution is 2.31. The summed E-state index contributed by atoms with van der Waals surface area (Å²) in [5, 5.41) is 0. The van der Waals surface area contributed by atoms with Crippen molar-refractivity contribution in [2.45, 2.75) is 12.8 Å². The first-order valence-corrected chi connectivity index (χ1v) is 8.73. The Balaban J connectivity index is 1.74. The third-order valence-corrected chi connectivity index (χ3v) is 4.69. The van der Waals surface area contributed by atoms with Gasteiger partial charge in [0.2, 0.25) is 0 Å². The second-order valence-corrected chi connectivity index (χ2v) is 6.34. The Morgan fingerprint density at radius 3 is 2.28 bits per heavy atom. The molecule has 1 aromatic heterocycles. The molecule has 2 aromatic carbocycles. The van der Waals surface area contributed by atoms with Gasteiger partial charge in [0.15, 0.2) is 0 Å². The topological polar surface area (TPSA) is 33.2 Å². The van der Waals surface area contributed by atoms with Gasteiger partial charge in [0.1, 0.15) is 0 Å². The summed E-state index contributed by atoms with van der Waals surface area (Å²) >= 11 is 0. The molecule has 0 radical (unpaired) electrons. The molecular formula is C22H20N2O. The fraction of sp³-hybridized carbons (Fsp3) is 0.182. The minimum Gasteiger partial charge on any atom is -0.339 e. The van der Waals surface area contributed by atoms with E-state index in [2.05, 4.69) is 29.2 Å². The van der Waals surface area contributed by atoms with Crippen molar-refractivity contribution in [3.05, 3.63) is 78.5 Å². The van der Waals surface area contributed by atoms with Crippen LogP contribution < -0.4 is 0 Å². The number of amides is 1. The van der Waals surface area contributed by atoms with Gasteiger partial charge in [-0.2, -0.15) is 0 Å². The minimum atomic E-state index is 0.110. The van der Waals surface area contributed by atoms with Crippen LogP contribution in [0.15, 0.2) is 72.9 Å². The molecule has 3 aromatic rings. The van der Waals surface area contributed by atoms with Gasteiger partial charge in [-0.25, -0.2) is 0 Å². The molecule has 0 bridgehead atoms. The zero-order chi connectivity index (χ0) is 17.1. The average Bonchev–Trinajstić information content (AvgIpc) is 3.23. The van der Waals surface area contributed by atoms with E-state index in [1.54, 1.807) is 6.20 Å². The fourth-order valence-corrected chi connectivity index (χ4v) is 3.39. The number of hydrogen-bond donors (Lipinski definition) is 0. The van der Waals surface area contributed by atoms with E-state index in [9.17, 15) is 4.79 Å². The van der Waals surface area contributed by atoms with Gasteiger partial charge in [0.25, 0.3) is 5.91 Å². The predicted molar refractivity (Wildman–Crippen MR) is 100 cm³/mol. The first-order valence-electron chi connectivity index (χ1n) is 8.73. The highest BCUT2D eigenvalue weighted by molar-refractivity contribution is 5.96. The molecule has 0 atom stereocenters. The van der Waals surface area contributed by atoms with Crippen LogP contribution in [0.2, 0.25) is 0 Å². The molecule has 3 nitrogen and oxygen atoms in total. The van der Waals surface area contributed by atoms with Crippen molar-refractivity contribution in [2.75, 3.05) is 13.1 Å².